The molecule has 0 spiro atoms. The molecule has 0 aliphatic heterocycles. The van der Waals surface area contributed by atoms with E-state index >= 15 is 0 Å². The van der Waals surface area contributed by atoms with Crippen LogP contribution in [0.3, 0.4) is 0 Å². The molecule has 122 valence electrons. The van der Waals surface area contributed by atoms with Gasteiger partial charge in [0.1, 0.15) is 0 Å². The van der Waals surface area contributed by atoms with Crippen LogP contribution in [-0.4, -0.2) is 16.9 Å². The van der Waals surface area contributed by atoms with Crippen molar-refractivity contribution in [2.75, 3.05) is 0 Å². The summed E-state index contributed by atoms with van der Waals surface area (Å²) < 4.78 is 39.0. The highest BCUT2D eigenvalue weighted by Crippen LogP contribution is 2.35. The lowest BCUT2D eigenvalue weighted by Crippen LogP contribution is -2.25. The lowest BCUT2D eigenvalue weighted by atomic mass is 9.88. The van der Waals surface area contributed by atoms with Gasteiger partial charge in [0.15, 0.2) is 5.78 Å². The van der Waals surface area contributed by atoms with Crippen LogP contribution in [0.15, 0.2) is 65.8 Å². The van der Waals surface area contributed by atoms with Crippen molar-refractivity contribution in [3.05, 3.63) is 71.5 Å². The standard InChI is InChI=1S/C19H14F3NO/c1-12-16(19(20,21)22)10-13(11-18(12)24)6-8-15-9-7-14-4-2-3-5-17(14)23-15/h2-12H,1H3/b8-6+. The minimum Gasteiger partial charge on any atom is -0.294 e. The van der Waals surface area contributed by atoms with Gasteiger partial charge < -0.3 is 0 Å². The van der Waals surface area contributed by atoms with Gasteiger partial charge in [-0.3, -0.25) is 4.79 Å². The largest absolute Gasteiger partial charge is 0.413 e. The highest BCUT2D eigenvalue weighted by atomic mass is 19.4. The maximum atomic E-state index is 13.0. The van der Waals surface area contributed by atoms with E-state index in [0.29, 0.717) is 5.69 Å². The second-order valence-electron chi connectivity index (χ2n) is 5.63. The van der Waals surface area contributed by atoms with E-state index in [-0.39, 0.29) is 5.57 Å². The summed E-state index contributed by atoms with van der Waals surface area (Å²) in [5.41, 5.74) is 0.817. The van der Waals surface area contributed by atoms with Crippen LogP contribution in [-0.2, 0) is 4.79 Å². The predicted octanol–water partition coefficient (Wildman–Crippen LogP) is 4.88. The Morgan fingerprint density at radius 2 is 1.79 bits per heavy atom. The number of benzene rings is 1. The zero-order chi connectivity index (χ0) is 17.3. The van der Waals surface area contributed by atoms with Gasteiger partial charge in [0.05, 0.1) is 11.2 Å². The van der Waals surface area contributed by atoms with E-state index in [2.05, 4.69) is 4.98 Å². The third kappa shape index (κ3) is 3.30. The Kier molecular flexibility index (Phi) is 4.09. The molecule has 1 unspecified atom stereocenters. The number of pyridine rings is 1. The Morgan fingerprint density at radius 3 is 2.54 bits per heavy atom. The van der Waals surface area contributed by atoms with Crippen molar-refractivity contribution in [2.45, 2.75) is 13.1 Å². The molecule has 0 fully saturated rings. The Hall–Kier alpha value is -2.69. The van der Waals surface area contributed by atoms with Crippen LogP contribution in [0.2, 0.25) is 0 Å². The van der Waals surface area contributed by atoms with E-state index in [1.54, 1.807) is 12.1 Å². The minimum atomic E-state index is -4.51. The van der Waals surface area contributed by atoms with Crippen LogP contribution in [0.5, 0.6) is 0 Å². The van der Waals surface area contributed by atoms with Gasteiger partial charge in [-0.25, -0.2) is 4.98 Å². The molecule has 1 aromatic heterocycles. The van der Waals surface area contributed by atoms with Gasteiger partial charge in [-0.15, -0.1) is 0 Å². The summed E-state index contributed by atoms with van der Waals surface area (Å²) >= 11 is 0. The van der Waals surface area contributed by atoms with Crippen molar-refractivity contribution in [1.82, 2.24) is 4.98 Å². The molecule has 1 atom stereocenters. The summed E-state index contributed by atoms with van der Waals surface area (Å²) in [5.74, 6) is -1.71. The summed E-state index contributed by atoms with van der Waals surface area (Å²) in [5, 5.41) is 0.981. The number of hydrogen-bond acceptors (Lipinski definition) is 2. The lowest BCUT2D eigenvalue weighted by Gasteiger charge is -2.20. The quantitative estimate of drug-likeness (QED) is 0.786. The van der Waals surface area contributed by atoms with Gasteiger partial charge in [-0.05, 0) is 35.9 Å². The normalized spacial score (nSPS) is 18.8. The van der Waals surface area contributed by atoms with Gasteiger partial charge in [-0.2, -0.15) is 13.2 Å². The molecule has 3 rings (SSSR count). The molecule has 0 amide bonds. The van der Waals surface area contributed by atoms with E-state index in [0.717, 1.165) is 17.0 Å². The SMILES string of the molecule is CC1C(=O)C=C(/C=C/c2ccc3ccccc3n2)C=C1C(F)(F)F. The Labute approximate surface area is 137 Å². The fourth-order valence-electron chi connectivity index (χ4n) is 2.57. The molecule has 2 aromatic rings. The number of carbonyl (C=O) groups is 1. The van der Waals surface area contributed by atoms with Crippen LogP contribution in [0.4, 0.5) is 13.2 Å². The van der Waals surface area contributed by atoms with Gasteiger partial charge in [0, 0.05) is 16.9 Å². The molecule has 0 bridgehead atoms. The van der Waals surface area contributed by atoms with E-state index in [4.69, 9.17) is 0 Å². The number of para-hydroxylation sites is 1. The summed E-state index contributed by atoms with van der Waals surface area (Å²) in [6.07, 6.45) is 0.823. The van der Waals surface area contributed by atoms with Crippen molar-refractivity contribution >= 4 is 22.8 Å². The molecule has 2 nitrogen and oxygen atoms in total. The lowest BCUT2D eigenvalue weighted by molar-refractivity contribution is -0.124. The fraction of sp³-hybridized carbons (Fsp3) is 0.158. The topological polar surface area (TPSA) is 30.0 Å². The first kappa shape index (κ1) is 16.2. The van der Waals surface area contributed by atoms with Crippen LogP contribution in [0.25, 0.3) is 17.0 Å². The smallest absolute Gasteiger partial charge is 0.294 e. The summed E-state index contributed by atoms with van der Waals surface area (Å²) in [4.78, 5) is 16.2. The van der Waals surface area contributed by atoms with Gasteiger partial charge in [-0.1, -0.05) is 37.3 Å². The van der Waals surface area contributed by atoms with Crippen molar-refractivity contribution in [1.29, 1.82) is 0 Å². The summed E-state index contributed by atoms with van der Waals surface area (Å²) in [7, 11) is 0. The number of halogens is 3. The molecule has 1 heterocycles. The van der Waals surface area contributed by atoms with Gasteiger partial charge >= 0.3 is 6.18 Å². The number of ketones is 1. The van der Waals surface area contributed by atoms with Crippen molar-refractivity contribution < 1.29 is 18.0 Å². The predicted molar refractivity (Wildman–Crippen MR) is 87.2 cm³/mol. The van der Waals surface area contributed by atoms with E-state index < -0.39 is 23.5 Å². The number of allylic oxidation sites excluding steroid dienone is 5. The average Bonchev–Trinajstić information content (AvgIpc) is 2.54. The number of alkyl halides is 3. The van der Waals surface area contributed by atoms with Crippen molar-refractivity contribution in [3.8, 4) is 0 Å². The first-order chi connectivity index (χ1) is 11.3. The second-order valence-corrected chi connectivity index (χ2v) is 5.63. The molecule has 0 saturated heterocycles. The number of fused-ring (bicyclic) bond motifs is 1. The second kappa shape index (κ2) is 6.07. The molecular formula is C19H14F3NO. The molecule has 1 aliphatic carbocycles. The number of nitrogens with zero attached hydrogens (tertiary/aromatic N) is 1. The zero-order valence-electron chi connectivity index (χ0n) is 12.8. The summed E-state index contributed by atoms with van der Waals surface area (Å²) in [6, 6.07) is 11.2. The number of aromatic nitrogens is 1. The van der Waals surface area contributed by atoms with E-state index in [1.807, 2.05) is 30.3 Å². The third-order valence-corrected chi connectivity index (χ3v) is 3.92. The molecule has 24 heavy (non-hydrogen) atoms. The molecular weight excluding hydrogens is 315 g/mol. The zero-order valence-corrected chi connectivity index (χ0v) is 12.8. The maximum Gasteiger partial charge on any atom is 0.413 e. The number of rotatable bonds is 2. The summed E-state index contributed by atoms with van der Waals surface area (Å²) in [6.45, 7) is 1.27. The number of hydrogen-bond donors (Lipinski definition) is 0. The first-order valence-corrected chi connectivity index (χ1v) is 7.43. The number of carbonyl (C=O) groups excluding carboxylic acids is 1. The molecule has 1 aromatic carbocycles. The van der Waals surface area contributed by atoms with E-state index in [1.165, 1.54) is 19.1 Å². The minimum absolute atomic E-state index is 0.223. The van der Waals surface area contributed by atoms with Crippen molar-refractivity contribution in [3.63, 3.8) is 0 Å². The molecule has 0 saturated carbocycles. The Balaban J connectivity index is 1.91. The van der Waals surface area contributed by atoms with Crippen LogP contribution in [0.1, 0.15) is 12.6 Å². The van der Waals surface area contributed by atoms with Crippen LogP contribution < -0.4 is 0 Å². The third-order valence-electron chi connectivity index (χ3n) is 3.92. The Morgan fingerprint density at radius 1 is 1.04 bits per heavy atom. The first-order valence-electron chi connectivity index (χ1n) is 7.43. The van der Waals surface area contributed by atoms with Crippen molar-refractivity contribution in [2.24, 2.45) is 5.92 Å². The van der Waals surface area contributed by atoms with E-state index in [9.17, 15) is 18.0 Å². The Bertz CT molecular complexity index is 891. The monoisotopic (exact) mass is 329 g/mol. The average molecular weight is 329 g/mol. The maximum absolute atomic E-state index is 13.0. The molecule has 0 radical (unpaired) electrons. The highest BCUT2D eigenvalue weighted by Gasteiger charge is 2.40. The molecule has 5 heteroatoms. The van der Waals surface area contributed by atoms with Gasteiger partial charge in [0.25, 0.3) is 0 Å². The molecule has 1 aliphatic rings. The molecule has 0 N–H and O–H groups in total. The van der Waals surface area contributed by atoms with Crippen LogP contribution in [0, 0.1) is 5.92 Å². The van der Waals surface area contributed by atoms with Crippen LogP contribution >= 0.6 is 0 Å². The van der Waals surface area contributed by atoms with Gasteiger partial charge in [0.2, 0.25) is 0 Å². The fourth-order valence-corrected chi connectivity index (χ4v) is 2.57. The highest BCUT2D eigenvalue weighted by molar-refractivity contribution is 5.97.